The second kappa shape index (κ2) is 7.79. The third kappa shape index (κ3) is 3.45. The smallest absolute Gasteiger partial charge is 0.233 e. The number of nitrogens with one attached hydrogen (secondary N) is 1. The summed E-state index contributed by atoms with van der Waals surface area (Å²) in [5, 5.41) is 13.1. The summed E-state index contributed by atoms with van der Waals surface area (Å²) in [4.78, 5) is 28.0. The Morgan fingerprint density at radius 3 is 2.19 bits per heavy atom. The van der Waals surface area contributed by atoms with Gasteiger partial charge < -0.3 is 15.3 Å². The van der Waals surface area contributed by atoms with Gasteiger partial charge in [-0.15, -0.1) is 0 Å². The van der Waals surface area contributed by atoms with Crippen molar-refractivity contribution >= 4 is 11.8 Å². The molecule has 31 heavy (non-hydrogen) atoms. The van der Waals surface area contributed by atoms with Gasteiger partial charge in [-0.2, -0.15) is 0 Å². The van der Waals surface area contributed by atoms with Crippen LogP contribution in [0.1, 0.15) is 49.1 Å². The molecule has 2 amide bonds. The van der Waals surface area contributed by atoms with Crippen LogP contribution in [0.4, 0.5) is 0 Å². The molecule has 2 heterocycles. The van der Waals surface area contributed by atoms with Crippen molar-refractivity contribution in [1.29, 1.82) is 0 Å². The first-order valence-electron chi connectivity index (χ1n) is 11.4. The summed E-state index contributed by atoms with van der Waals surface area (Å²) in [6, 6.07) is 20.3. The van der Waals surface area contributed by atoms with Crippen LogP contribution < -0.4 is 5.32 Å². The molecule has 2 saturated heterocycles. The Kier molecular flexibility index (Phi) is 5.09. The molecular weight excluding hydrogens is 388 g/mol. The molecule has 1 spiro atoms. The van der Waals surface area contributed by atoms with Crippen LogP contribution in [0.15, 0.2) is 60.7 Å². The van der Waals surface area contributed by atoms with Gasteiger partial charge in [-0.25, -0.2) is 0 Å². The summed E-state index contributed by atoms with van der Waals surface area (Å²) in [6.07, 6.45) is 2.76. The molecule has 0 radical (unpaired) electrons. The highest BCUT2D eigenvalue weighted by Crippen LogP contribution is 2.51. The van der Waals surface area contributed by atoms with Crippen LogP contribution in [-0.4, -0.2) is 47.6 Å². The van der Waals surface area contributed by atoms with E-state index in [2.05, 4.69) is 29.6 Å². The van der Waals surface area contributed by atoms with E-state index in [0.29, 0.717) is 38.9 Å². The molecule has 0 bridgehead atoms. The molecule has 2 aromatic rings. The Morgan fingerprint density at radius 2 is 1.58 bits per heavy atom. The monoisotopic (exact) mass is 418 g/mol. The zero-order valence-electron chi connectivity index (χ0n) is 17.8. The zero-order chi connectivity index (χ0) is 21.5. The molecule has 1 saturated carbocycles. The van der Waals surface area contributed by atoms with Crippen LogP contribution in [0.5, 0.6) is 0 Å². The zero-order valence-corrected chi connectivity index (χ0v) is 17.8. The molecular formula is C26H30N2O3. The van der Waals surface area contributed by atoms with Gasteiger partial charge in [0.05, 0.1) is 11.5 Å². The van der Waals surface area contributed by atoms with Crippen LogP contribution in [-0.2, 0) is 15.0 Å². The predicted octanol–water partition coefficient (Wildman–Crippen LogP) is 2.99. The number of carbonyl (C=O) groups is 2. The lowest BCUT2D eigenvalue weighted by molar-refractivity contribution is -0.149. The van der Waals surface area contributed by atoms with E-state index >= 15 is 0 Å². The molecule has 162 valence electrons. The van der Waals surface area contributed by atoms with Crippen molar-refractivity contribution in [2.24, 2.45) is 5.41 Å². The van der Waals surface area contributed by atoms with Crippen LogP contribution in [0.3, 0.4) is 0 Å². The Morgan fingerprint density at radius 1 is 0.968 bits per heavy atom. The largest absolute Gasteiger partial charge is 0.393 e. The summed E-state index contributed by atoms with van der Waals surface area (Å²) in [7, 11) is 0. The van der Waals surface area contributed by atoms with Gasteiger partial charge in [0.25, 0.3) is 0 Å². The van der Waals surface area contributed by atoms with E-state index in [9.17, 15) is 14.7 Å². The van der Waals surface area contributed by atoms with E-state index in [1.165, 1.54) is 5.56 Å². The van der Waals surface area contributed by atoms with Gasteiger partial charge in [-0.3, -0.25) is 9.59 Å². The van der Waals surface area contributed by atoms with Crippen molar-refractivity contribution in [2.75, 3.05) is 19.6 Å². The Balaban J connectivity index is 1.36. The van der Waals surface area contributed by atoms with Gasteiger partial charge in [0.15, 0.2) is 0 Å². The van der Waals surface area contributed by atoms with Gasteiger partial charge >= 0.3 is 0 Å². The molecule has 1 unspecified atom stereocenters. The summed E-state index contributed by atoms with van der Waals surface area (Å²) < 4.78 is 0. The van der Waals surface area contributed by atoms with E-state index in [4.69, 9.17) is 0 Å². The van der Waals surface area contributed by atoms with Crippen molar-refractivity contribution in [3.63, 3.8) is 0 Å². The maximum absolute atomic E-state index is 13.7. The average molecular weight is 419 g/mol. The predicted molar refractivity (Wildman–Crippen MR) is 118 cm³/mol. The molecule has 0 aromatic heterocycles. The highest BCUT2D eigenvalue weighted by molar-refractivity contribution is 5.90. The SMILES string of the molecule is O=C1CC2(CCN(C(=O)C3(c4ccccc4)CC(O)C3)CC2)C(c2ccccc2)CN1. The third-order valence-corrected chi connectivity index (χ3v) is 7.91. The van der Waals surface area contributed by atoms with Crippen molar-refractivity contribution in [1.82, 2.24) is 10.2 Å². The van der Waals surface area contributed by atoms with Crippen LogP contribution in [0.25, 0.3) is 0 Å². The molecule has 2 aliphatic heterocycles. The van der Waals surface area contributed by atoms with Crippen molar-refractivity contribution in [3.05, 3.63) is 71.8 Å². The minimum absolute atomic E-state index is 0.0977. The van der Waals surface area contributed by atoms with Crippen molar-refractivity contribution in [2.45, 2.75) is 49.5 Å². The molecule has 2 aromatic carbocycles. The number of hydrogen-bond donors (Lipinski definition) is 2. The lowest BCUT2D eigenvalue weighted by atomic mass is 9.60. The number of hydrogen-bond acceptors (Lipinski definition) is 3. The quantitative estimate of drug-likeness (QED) is 0.805. The fourth-order valence-electron chi connectivity index (χ4n) is 6.11. The average Bonchev–Trinajstić information content (AvgIpc) is 2.78. The second-order valence-corrected chi connectivity index (χ2v) is 9.61. The van der Waals surface area contributed by atoms with E-state index in [0.717, 1.165) is 18.4 Å². The molecule has 2 N–H and O–H groups in total. The van der Waals surface area contributed by atoms with Gasteiger partial charge in [-0.05, 0) is 42.2 Å². The molecule has 5 nitrogen and oxygen atoms in total. The molecule has 5 rings (SSSR count). The molecule has 3 fully saturated rings. The minimum atomic E-state index is -0.603. The Bertz CT molecular complexity index is 945. The molecule has 1 atom stereocenters. The first-order valence-corrected chi connectivity index (χ1v) is 11.4. The normalized spacial score (nSPS) is 29.8. The summed E-state index contributed by atoms with van der Waals surface area (Å²) >= 11 is 0. The maximum Gasteiger partial charge on any atom is 0.233 e. The number of benzene rings is 2. The summed E-state index contributed by atoms with van der Waals surface area (Å²) in [5.74, 6) is 0.530. The fraction of sp³-hybridized carbons (Fsp3) is 0.462. The number of likely N-dealkylation sites (tertiary alicyclic amines) is 1. The molecule has 5 heteroatoms. The standard InChI is InChI=1S/C26H30N2O3/c29-21-15-26(16-21,20-9-5-2-6-10-20)24(31)28-13-11-25(12-14-28)17-23(30)27-18-22(25)19-7-3-1-4-8-19/h1-10,21-22,29H,11-18H2,(H,27,30). The molecule has 1 aliphatic carbocycles. The summed E-state index contributed by atoms with van der Waals surface area (Å²) in [6.45, 7) is 2.00. The number of carbonyl (C=O) groups excluding carboxylic acids is 2. The second-order valence-electron chi connectivity index (χ2n) is 9.61. The van der Waals surface area contributed by atoms with Crippen LogP contribution in [0.2, 0.25) is 0 Å². The number of nitrogens with zero attached hydrogens (tertiary/aromatic N) is 1. The number of amides is 2. The van der Waals surface area contributed by atoms with Gasteiger partial charge in [0.2, 0.25) is 11.8 Å². The number of aliphatic hydroxyl groups is 1. The van der Waals surface area contributed by atoms with Crippen molar-refractivity contribution in [3.8, 4) is 0 Å². The van der Waals surface area contributed by atoms with E-state index in [1.807, 2.05) is 41.3 Å². The lowest BCUT2D eigenvalue weighted by Crippen LogP contribution is -2.59. The number of piperidine rings is 2. The summed E-state index contributed by atoms with van der Waals surface area (Å²) in [5.41, 5.74) is 1.57. The highest BCUT2D eigenvalue weighted by Gasteiger charge is 2.54. The van der Waals surface area contributed by atoms with Gasteiger partial charge in [0, 0.05) is 32.0 Å². The number of rotatable bonds is 3. The van der Waals surface area contributed by atoms with Crippen LogP contribution in [0, 0.1) is 5.41 Å². The third-order valence-electron chi connectivity index (χ3n) is 7.91. The topological polar surface area (TPSA) is 69.6 Å². The van der Waals surface area contributed by atoms with Crippen molar-refractivity contribution < 1.29 is 14.7 Å². The first-order chi connectivity index (χ1) is 15.0. The highest BCUT2D eigenvalue weighted by atomic mass is 16.3. The first kappa shape index (κ1) is 20.3. The maximum atomic E-state index is 13.7. The molecule has 3 aliphatic rings. The van der Waals surface area contributed by atoms with Crippen LogP contribution >= 0.6 is 0 Å². The number of aliphatic hydroxyl groups excluding tert-OH is 1. The fourth-order valence-corrected chi connectivity index (χ4v) is 6.11. The lowest BCUT2D eigenvalue weighted by Gasteiger charge is -2.52. The Labute approximate surface area is 183 Å². The van der Waals surface area contributed by atoms with E-state index in [-0.39, 0.29) is 23.1 Å². The Hall–Kier alpha value is -2.66. The van der Waals surface area contributed by atoms with E-state index in [1.54, 1.807) is 0 Å². The van der Waals surface area contributed by atoms with Gasteiger partial charge in [0.1, 0.15) is 0 Å². The van der Waals surface area contributed by atoms with Gasteiger partial charge in [-0.1, -0.05) is 60.7 Å². The minimum Gasteiger partial charge on any atom is -0.393 e. The van der Waals surface area contributed by atoms with E-state index < -0.39 is 11.5 Å².